The zero-order valence-electron chi connectivity index (χ0n) is 17.4. The largest absolute Gasteiger partial charge is 0.256 e. The van der Waals surface area contributed by atoms with E-state index in [9.17, 15) is 0 Å². The van der Waals surface area contributed by atoms with E-state index in [1.54, 1.807) is 0 Å². The lowest BCUT2D eigenvalue weighted by Crippen LogP contribution is -1.99. The van der Waals surface area contributed by atoms with E-state index in [1.807, 2.05) is 23.7 Å². The van der Waals surface area contributed by atoms with Crippen LogP contribution in [0.15, 0.2) is 79.1 Å². The lowest BCUT2D eigenvalue weighted by molar-refractivity contribution is 0.546. The van der Waals surface area contributed by atoms with Gasteiger partial charge in [-0.05, 0) is 59.4 Å². The molecule has 152 valence electrons. The molecule has 0 aliphatic heterocycles. The highest BCUT2D eigenvalue weighted by Gasteiger charge is 2.16. The van der Waals surface area contributed by atoms with Crippen molar-refractivity contribution in [3.05, 3.63) is 84.7 Å². The van der Waals surface area contributed by atoms with E-state index < -0.39 is 0 Å². The molecule has 0 saturated heterocycles. The predicted octanol–water partition coefficient (Wildman–Crippen LogP) is 7.91. The maximum Gasteiger partial charge on any atom is 0.0889 e. The fourth-order valence-corrected chi connectivity index (χ4v) is 5.99. The summed E-state index contributed by atoms with van der Waals surface area (Å²) in [5.74, 6) is 0.845. The van der Waals surface area contributed by atoms with Gasteiger partial charge >= 0.3 is 0 Å². The number of pyridine rings is 2. The fourth-order valence-electron chi connectivity index (χ4n) is 4.90. The van der Waals surface area contributed by atoms with Gasteiger partial charge in [0.2, 0.25) is 0 Å². The molecule has 0 radical (unpaired) electrons. The van der Waals surface area contributed by atoms with Gasteiger partial charge in [0.05, 0.1) is 15.9 Å². The van der Waals surface area contributed by atoms with Gasteiger partial charge in [-0.25, -0.2) is 0 Å². The standard InChI is InChI=1S/C28H24N2S/c1-2-8-21(9-3-1)22-10-11-26-24(16-22)28-27(31-26)17-23(18-30-28)25-15-20(12-13-29-25)14-19-6-4-5-7-19/h1-3,8-13,15-19H,4-7,14H2. The van der Waals surface area contributed by atoms with Gasteiger partial charge in [-0.2, -0.15) is 0 Å². The highest BCUT2D eigenvalue weighted by Crippen LogP contribution is 2.37. The average molecular weight is 421 g/mol. The molecule has 1 saturated carbocycles. The molecule has 3 heterocycles. The number of nitrogens with zero attached hydrogens (tertiary/aromatic N) is 2. The summed E-state index contributed by atoms with van der Waals surface area (Å²) in [6.07, 6.45) is 10.7. The van der Waals surface area contributed by atoms with Crippen molar-refractivity contribution in [2.75, 3.05) is 0 Å². The highest BCUT2D eigenvalue weighted by atomic mass is 32.1. The van der Waals surface area contributed by atoms with Crippen molar-refractivity contribution in [1.82, 2.24) is 9.97 Å². The van der Waals surface area contributed by atoms with Crippen LogP contribution in [-0.4, -0.2) is 9.97 Å². The zero-order valence-corrected chi connectivity index (χ0v) is 18.2. The van der Waals surface area contributed by atoms with Crippen molar-refractivity contribution in [1.29, 1.82) is 0 Å². The maximum absolute atomic E-state index is 4.88. The molecule has 0 N–H and O–H groups in total. The van der Waals surface area contributed by atoms with E-state index in [0.29, 0.717) is 0 Å². The van der Waals surface area contributed by atoms with Crippen LogP contribution in [0.3, 0.4) is 0 Å². The van der Waals surface area contributed by atoms with Crippen molar-refractivity contribution in [2.24, 2.45) is 5.92 Å². The van der Waals surface area contributed by atoms with E-state index >= 15 is 0 Å². The first-order valence-corrected chi connectivity index (χ1v) is 12.0. The molecular weight excluding hydrogens is 396 g/mol. The summed E-state index contributed by atoms with van der Waals surface area (Å²) in [4.78, 5) is 9.55. The van der Waals surface area contributed by atoms with Gasteiger partial charge in [-0.3, -0.25) is 9.97 Å². The van der Waals surface area contributed by atoms with Gasteiger partial charge < -0.3 is 0 Å². The monoisotopic (exact) mass is 420 g/mol. The van der Waals surface area contributed by atoms with Gasteiger partial charge in [-0.15, -0.1) is 11.3 Å². The molecule has 2 aromatic carbocycles. The number of rotatable bonds is 4. The third kappa shape index (κ3) is 3.64. The second-order valence-corrected chi connectivity index (χ2v) is 9.74. The Labute approximate surface area is 186 Å². The first-order chi connectivity index (χ1) is 15.3. The van der Waals surface area contributed by atoms with Crippen LogP contribution in [-0.2, 0) is 6.42 Å². The van der Waals surface area contributed by atoms with Crippen molar-refractivity contribution in [3.8, 4) is 22.4 Å². The van der Waals surface area contributed by atoms with Gasteiger partial charge in [0.1, 0.15) is 0 Å². The van der Waals surface area contributed by atoms with Gasteiger partial charge in [0.25, 0.3) is 0 Å². The van der Waals surface area contributed by atoms with Crippen LogP contribution in [0.4, 0.5) is 0 Å². The van der Waals surface area contributed by atoms with Crippen LogP contribution in [0.5, 0.6) is 0 Å². The molecule has 3 heteroatoms. The van der Waals surface area contributed by atoms with E-state index in [-0.39, 0.29) is 0 Å². The van der Waals surface area contributed by atoms with Crippen molar-refractivity contribution in [2.45, 2.75) is 32.1 Å². The molecule has 0 atom stereocenters. The minimum absolute atomic E-state index is 0.845. The number of thiophene rings is 1. The Morgan fingerprint density at radius 1 is 0.774 bits per heavy atom. The second-order valence-electron chi connectivity index (χ2n) is 8.65. The zero-order chi connectivity index (χ0) is 20.6. The van der Waals surface area contributed by atoms with Crippen molar-refractivity contribution < 1.29 is 0 Å². The molecule has 0 spiro atoms. The molecule has 0 unspecified atom stereocenters. The van der Waals surface area contributed by atoms with Crippen molar-refractivity contribution in [3.63, 3.8) is 0 Å². The van der Waals surface area contributed by atoms with E-state index in [0.717, 1.165) is 22.7 Å². The Balaban J connectivity index is 1.37. The molecular formula is C28H24N2S. The normalized spacial score (nSPS) is 14.6. The number of fused-ring (bicyclic) bond motifs is 3. The third-order valence-corrected chi connectivity index (χ3v) is 7.64. The summed E-state index contributed by atoms with van der Waals surface area (Å²) in [6, 6.07) is 24.0. The molecule has 2 nitrogen and oxygen atoms in total. The summed E-state index contributed by atoms with van der Waals surface area (Å²) in [5.41, 5.74) is 7.11. The van der Waals surface area contributed by atoms with Crippen LogP contribution in [0.1, 0.15) is 31.2 Å². The van der Waals surface area contributed by atoms with Gasteiger partial charge in [-0.1, -0.05) is 62.1 Å². The molecule has 0 bridgehead atoms. The second kappa shape index (κ2) is 7.90. The Morgan fingerprint density at radius 3 is 2.52 bits per heavy atom. The predicted molar refractivity (Wildman–Crippen MR) is 131 cm³/mol. The van der Waals surface area contributed by atoms with E-state index in [1.165, 1.54) is 63.6 Å². The lowest BCUT2D eigenvalue weighted by atomic mass is 9.97. The van der Waals surface area contributed by atoms with Crippen LogP contribution < -0.4 is 0 Å². The smallest absolute Gasteiger partial charge is 0.0889 e. The molecule has 31 heavy (non-hydrogen) atoms. The molecule has 1 fully saturated rings. The quantitative estimate of drug-likeness (QED) is 0.295. The van der Waals surface area contributed by atoms with Gasteiger partial charge in [0, 0.05) is 28.0 Å². The Kier molecular flexibility index (Phi) is 4.77. The molecule has 1 aliphatic rings. The Morgan fingerprint density at radius 2 is 1.65 bits per heavy atom. The van der Waals surface area contributed by atoms with Crippen molar-refractivity contribution >= 4 is 31.6 Å². The fraction of sp³-hybridized carbons (Fsp3) is 0.214. The first-order valence-electron chi connectivity index (χ1n) is 11.2. The molecule has 1 aliphatic carbocycles. The average Bonchev–Trinajstić information content (AvgIpc) is 3.46. The Hall–Kier alpha value is -3.04. The van der Waals surface area contributed by atoms with Crippen LogP contribution >= 0.6 is 11.3 Å². The number of aromatic nitrogens is 2. The molecule has 0 amide bonds. The SMILES string of the molecule is c1ccc(-c2ccc3sc4cc(-c5cc(CC6CCCC6)ccn5)cnc4c3c2)cc1. The number of hydrogen-bond donors (Lipinski definition) is 0. The van der Waals surface area contributed by atoms with Crippen LogP contribution in [0, 0.1) is 5.92 Å². The first kappa shape index (κ1) is 18.7. The van der Waals surface area contributed by atoms with Gasteiger partial charge in [0.15, 0.2) is 0 Å². The summed E-state index contributed by atoms with van der Waals surface area (Å²) in [5, 5.41) is 1.23. The lowest BCUT2D eigenvalue weighted by Gasteiger charge is -2.10. The minimum Gasteiger partial charge on any atom is -0.256 e. The van der Waals surface area contributed by atoms with Crippen LogP contribution in [0.2, 0.25) is 0 Å². The van der Waals surface area contributed by atoms with Crippen LogP contribution in [0.25, 0.3) is 42.7 Å². The van der Waals surface area contributed by atoms with E-state index in [4.69, 9.17) is 4.98 Å². The van der Waals surface area contributed by atoms with E-state index in [2.05, 4.69) is 71.7 Å². The minimum atomic E-state index is 0.845. The molecule has 5 aromatic rings. The topological polar surface area (TPSA) is 25.8 Å². The maximum atomic E-state index is 4.88. The molecule has 6 rings (SSSR count). The summed E-state index contributed by atoms with van der Waals surface area (Å²) in [7, 11) is 0. The summed E-state index contributed by atoms with van der Waals surface area (Å²) < 4.78 is 2.50. The molecule has 3 aromatic heterocycles. The number of benzene rings is 2. The summed E-state index contributed by atoms with van der Waals surface area (Å²) >= 11 is 1.81. The third-order valence-electron chi connectivity index (χ3n) is 6.53. The number of hydrogen-bond acceptors (Lipinski definition) is 3. The highest BCUT2D eigenvalue weighted by molar-refractivity contribution is 7.25. The summed E-state index contributed by atoms with van der Waals surface area (Å²) in [6.45, 7) is 0. The Bertz CT molecular complexity index is 1360.